The van der Waals surface area contributed by atoms with Gasteiger partial charge in [-0.15, -0.1) is 0 Å². The predicted molar refractivity (Wildman–Crippen MR) is 232 cm³/mol. The normalized spacial score (nSPS) is 21.5. The van der Waals surface area contributed by atoms with Crippen LogP contribution in [0.4, 0.5) is 30.8 Å². The Hall–Kier alpha value is -5.69. The fraction of sp³-hybridized carbons (Fsp3) is 0.545. The minimum Gasteiger partial charge on any atom is -0.481 e. The second-order valence-corrected chi connectivity index (χ2v) is 18.5. The number of alkyl halides is 2. The van der Waals surface area contributed by atoms with Crippen molar-refractivity contribution in [2.24, 2.45) is 17.3 Å². The number of fused-ring (bicyclic) bond motifs is 1. The van der Waals surface area contributed by atoms with E-state index in [1.807, 2.05) is 9.80 Å². The number of nitrogens with one attached hydrogen (secondary N) is 2. The molecule has 1 aromatic carbocycles. The molecule has 5 aliphatic rings. The number of rotatable bonds is 10. The lowest BCUT2D eigenvalue weighted by atomic mass is 9.65. The molecule has 1 spiro atoms. The van der Waals surface area contributed by atoms with Gasteiger partial charge in [-0.2, -0.15) is 10.2 Å². The van der Waals surface area contributed by atoms with Gasteiger partial charge in [0, 0.05) is 76.7 Å². The molecule has 5 fully saturated rings. The Kier molecular flexibility index (Phi) is 12.3. The first-order valence-corrected chi connectivity index (χ1v) is 22.6. The topological polar surface area (TPSA) is 191 Å². The predicted octanol–water partition coefficient (Wildman–Crippen LogP) is 6.27. The number of likely N-dealkylation sites (tertiary alicyclic amines) is 2. The molecule has 1 aliphatic carbocycles. The van der Waals surface area contributed by atoms with E-state index in [9.17, 15) is 37.9 Å². The number of urea groups is 1. The van der Waals surface area contributed by atoms with Gasteiger partial charge in [0.05, 0.1) is 34.6 Å². The zero-order chi connectivity index (χ0) is 44.7. The van der Waals surface area contributed by atoms with Crippen LogP contribution in [0.1, 0.15) is 110 Å². The Balaban J connectivity index is 0.752. The maximum Gasteiger partial charge on any atom is 0.328 e. The molecule has 7 heterocycles. The zero-order valence-electron chi connectivity index (χ0n) is 35.4. The van der Waals surface area contributed by atoms with Crippen LogP contribution in [-0.4, -0.2) is 121 Å². The van der Waals surface area contributed by atoms with Gasteiger partial charge < -0.3 is 25.1 Å². The minimum absolute atomic E-state index is 0.0632. The van der Waals surface area contributed by atoms with Crippen LogP contribution in [-0.2, 0) is 9.59 Å². The fourth-order valence-corrected chi connectivity index (χ4v) is 10.6. The Labute approximate surface area is 373 Å². The van der Waals surface area contributed by atoms with Gasteiger partial charge in [-0.3, -0.25) is 34.1 Å². The molecule has 17 nitrogen and oxygen atoms in total. The summed E-state index contributed by atoms with van der Waals surface area (Å²) in [5.41, 5.74) is 0.853. The van der Waals surface area contributed by atoms with E-state index in [1.54, 1.807) is 35.1 Å². The summed E-state index contributed by atoms with van der Waals surface area (Å²) in [4.78, 5) is 75.2. The van der Waals surface area contributed by atoms with E-state index in [0.29, 0.717) is 67.0 Å². The van der Waals surface area contributed by atoms with Crippen molar-refractivity contribution in [1.82, 2.24) is 39.5 Å². The van der Waals surface area contributed by atoms with E-state index >= 15 is 0 Å². The zero-order valence-corrected chi connectivity index (χ0v) is 36.2. The third-order valence-corrected chi connectivity index (χ3v) is 14.5. The molecule has 0 unspecified atom stereocenters. The molecular formula is C44H52ClF2N11O6. The number of nitrogens with zero attached hydrogens (tertiary/aromatic N) is 9. The highest BCUT2D eigenvalue weighted by Crippen LogP contribution is 2.47. The van der Waals surface area contributed by atoms with Crippen molar-refractivity contribution in [3.8, 4) is 0 Å². The van der Waals surface area contributed by atoms with Crippen molar-refractivity contribution in [3.63, 3.8) is 0 Å². The van der Waals surface area contributed by atoms with E-state index < -0.39 is 35.9 Å². The summed E-state index contributed by atoms with van der Waals surface area (Å²) >= 11 is 6.42. The molecule has 20 heteroatoms. The number of carboxylic acids is 1. The standard InChI is InChI=1S/C44H52ClF2N11O6/c45-32-4-3-28(22-34(32)56-18-10-36(59)51-43(56)64)41(61)54-20-13-44(14-21-54)11-5-27(6-12-44)24-53-16-7-30(8-17-53)58-26-33(37(52-58)38(46)47)49-40(60)31-23-48-57-19-9-35(50-39(31)57)55-15-1-2-29(25-55)42(62)63/h3-4,9,19,22-23,26-27,29-30,38H,1-2,5-8,10-18,20-21,24-25H2,(H,49,60)(H,62,63)(H,51,59,64)/t29-/m0/s1. The number of carbonyl (C=O) groups excluding carboxylic acids is 4. The van der Waals surface area contributed by atoms with Gasteiger partial charge in [-0.25, -0.2) is 23.1 Å². The number of aliphatic carboxylic acids is 1. The number of imide groups is 1. The Bertz CT molecular complexity index is 2440. The average molecular weight is 904 g/mol. The molecule has 4 aromatic rings. The van der Waals surface area contributed by atoms with Gasteiger partial charge in [0.25, 0.3) is 18.2 Å². The van der Waals surface area contributed by atoms with E-state index in [1.165, 1.54) is 21.8 Å². The largest absolute Gasteiger partial charge is 0.481 e. The van der Waals surface area contributed by atoms with Crippen molar-refractivity contribution < 1.29 is 37.9 Å². The Morgan fingerprint density at radius 3 is 2.45 bits per heavy atom. The van der Waals surface area contributed by atoms with Crippen molar-refractivity contribution in [1.29, 1.82) is 0 Å². The quantitative estimate of drug-likeness (QED) is 0.163. The van der Waals surface area contributed by atoms with E-state index in [-0.39, 0.29) is 53.1 Å². The first-order valence-electron chi connectivity index (χ1n) is 22.3. The van der Waals surface area contributed by atoms with Crippen LogP contribution in [0.25, 0.3) is 5.65 Å². The van der Waals surface area contributed by atoms with Crippen molar-refractivity contribution in [3.05, 3.63) is 64.7 Å². The van der Waals surface area contributed by atoms with Gasteiger partial charge in [0.1, 0.15) is 11.4 Å². The number of halogens is 3. The van der Waals surface area contributed by atoms with Gasteiger partial charge >= 0.3 is 12.0 Å². The molecule has 5 amide bonds. The third kappa shape index (κ3) is 9.01. The van der Waals surface area contributed by atoms with Gasteiger partial charge in [0.2, 0.25) is 5.91 Å². The van der Waals surface area contributed by atoms with Crippen molar-refractivity contribution >= 4 is 64.2 Å². The summed E-state index contributed by atoms with van der Waals surface area (Å²) in [7, 11) is 0. The molecular weight excluding hydrogens is 852 g/mol. The highest BCUT2D eigenvalue weighted by molar-refractivity contribution is 6.34. The molecule has 64 heavy (non-hydrogen) atoms. The van der Waals surface area contributed by atoms with E-state index in [0.717, 1.165) is 71.0 Å². The maximum atomic E-state index is 14.3. The summed E-state index contributed by atoms with van der Waals surface area (Å²) in [5.74, 6) is -1.40. The molecule has 0 radical (unpaired) electrons. The number of aromatic nitrogens is 5. The van der Waals surface area contributed by atoms with E-state index in [2.05, 4.69) is 30.7 Å². The number of hydrogen-bond donors (Lipinski definition) is 3. The van der Waals surface area contributed by atoms with Crippen molar-refractivity contribution in [2.45, 2.75) is 83.1 Å². The summed E-state index contributed by atoms with van der Waals surface area (Å²) in [6, 6.07) is 6.01. The molecule has 1 saturated carbocycles. The van der Waals surface area contributed by atoms with Gasteiger partial charge in [-0.1, -0.05) is 11.6 Å². The Morgan fingerprint density at radius 2 is 1.73 bits per heavy atom. The summed E-state index contributed by atoms with van der Waals surface area (Å²) in [6.45, 7) is 5.03. The lowest BCUT2D eigenvalue weighted by Crippen LogP contribution is -2.49. The van der Waals surface area contributed by atoms with Crippen LogP contribution < -0.4 is 20.4 Å². The molecule has 0 bridgehead atoms. The smallest absolute Gasteiger partial charge is 0.328 e. The molecule has 1 atom stereocenters. The molecule has 9 rings (SSSR count). The number of carbonyl (C=O) groups is 5. The number of piperidine rings is 3. The van der Waals surface area contributed by atoms with Crippen LogP contribution in [0.5, 0.6) is 0 Å². The van der Waals surface area contributed by atoms with Gasteiger partial charge in [-0.05, 0) is 99.8 Å². The molecule has 3 aromatic heterocycles. The fourth-order valence-electron chi connectivity index (χ4n) is 10.3. The lowest BCUT2D eigenvalue weighted by Gasteiger charge is -2.47. The highest BCUT2D eigenvalue weighted by Gasteiger charge is 2.40. The highest BCUT2D eigenvalue weighted by atomic mass is 35.5. The number of amides is 5. The van der Waals surface area contributed by atoms with Crippen molar-refractivity contribution in [2.75, 3.05) is 67.5 Å². The lowest BCUT2D eigenvalue weighted by molar-refractivity contribution is -0.142. The van der Waals surface area contributed by atoms with E-state index in [4.69, 9.17) is 11.6 Å². The number of hydrogen-bond acceptors (Lipinski definition) is 10. The van der Waals surface area contributed by atoms with Gasteiger partial charge in [0.15, 0.2) is 11.3 Å². The summed E-state index contributed by atoms with van der Waals surface area (Å²) in [6.07, 6.45) is 10.8. The van der Waals surface area contributed by atoms with Crippen LogP contribution in [0, 0.1) is 17.3 Å². The SMILES string of the molecule is O=C1CCN(c2cc(C(=O)N3CCC4(CCC(CN5CCC(n6cc(NC(=O)c7cnn8ccc(N9CCC[C@H](C(=O)O)C9)nc78)c(C(F)F)n6)CC5)CC4)CC3)ccc2Cl)C(=O)N1. The molecule has 3 N–H and O–H groups in total. The minimum atomic E-state index is -2.91. The second kappa shape index (κ2) is 18.1. The van der Waals surface area contributed by atoms with Crippen LogP contribution in [0.15, 0.2) is 42.9 Å². The number of carboxylic acid groups (broad SMARTS) is 1. The first-order chi connectivity index (χ1) is 30.8. The molecule has 340 valence electrons. The number of benzene rings is 1. The second-order valence-electron chi connectivity index (χ2n) is 18.1. The maximum absolute atomic E-state index is 14.3. The van der Waals surface area contributed by atoms with Crippen LogP contribution in [0.2, 0.25) is 5.02 Å². The third-order valence-electron chi connectivity index (χ3n) is 14.2. The van der Waals surface area contributed by atoms with Crippen LogP contribution in [0.3, 0.4) is 0 Å². The Morgan fingerprint density at radius 1 is 0.969 bits per heavy atom. The van der Waals surface area contributed by atoms with Crippen LogP contribution >= 0.6 is 11.6 Å². The summed E-state index contributed by atoms with van der Waals surface area (Å²) in [5, 5.41) is 23.3. The molecule has 4 saturated heterocycles. The average Bonchev–Trinajstić information content (AvgIpc) is 3.93. The first kappa shape index (κ1) is 43.6. The monoisotopic (exact) mass is 903 g/mol. The number of anilines is 3. The molecule has 4 aliphatic heterocycles. The summed E-state index contributed by atoms with van der Waals surface area (Å²) < 4.78 is 31.7.